The number of hydrogen-bond acceptors (Lipinski definition) is 7. The average Bonchev–Trinajstić information content (AvgIpc) is 3.77. The Labute approximate surface area is 233 Å². The predicted octanol–water partition coefficient (Wildman–Crippen LogP) is 3.93. The highest BCUT2D eigenvalue weighted by molar-refractivity contribution is 7.09. The Balaban J connectivity index is 1.12. The second kappa shape index (κ2) is 13.7. The summed E-state index contributed by atoms with van der Waals surface area (Å²) in [5, 5.41) is 15.4. The van der Waals surface area contributed by atoms with Crippen LogP contribution in [0.4, 0.5) is 0 Å². The summed E-state index contributed by atoms with van der Waals surface area (Å²) in [4.78, 5) is 33.6. The quantitative estimate of drug-likeness (QED) is 0.202. The van der Waals surface area contributed by atoms with Gasteiger partial charge in [-0.1, -0.05) is 18.2 Å². The fraction of sp³-hybridized carbons (Fsp3) is 0.414. The van der Waals surface area contributed by atoms with Gasteiger partial charge in [0.15, 0.2) is 0 Å². The molecule has 3 heterocycles. The molecule has 1 saturated carbocycles. The minimum absolute atomic E-state index is 0.0596. The minimum atomic E-state index is -0.0596. The molecule has 1 aliphatic carbocycles. The van der Waals surface area contributed by atoms with Crippen molar-refractivity contribution in [2.75, 3.05) is 13.2 Å². The molecular formula is C29H37N7O2S. The lowest BCUT2D eigenvalue weighted by Crippen LogP contribution is -2.43. The van der Waals surface area contributed by atoms with E-state index in [-0.39, 0.29) is 12.5 Å². The summed E-state index contributed by atoms with van der Waals surface area (Å²) < 4.78 is 0. The van der Waals surface area contributed by atoms with E-state index in [1.54, 1.807) is 41.0 Å². The topological polar surface area (TPSA) is 113 Å². The number of rotatable bonds is 13. The number of benzene rings is 1. The zero-order valence-electron chi connectivity index (χ0n) is 22.1. The molecule has 9 nitrogen and oxygen atoms in total. The summed E-state index contributed by atoms with van der Waals surface area (Å²) in [5.41, 5.74) is 1.81. The molecule has 0 aliphatic heterocycles. The molecule has 5 rings (SSSR count). The number of amides is 1. The maximum atomic E-state index is 13.4. The van der Waals surface area contributed by atoms with Crippen LogP contribution in [0.15, 0.2) is 66.6 Å². The van der Waals surface area contributed by atoms with Crippen molar-refractivity contribution >= 4 is 17.2 Å². The molecule has 1 aromatic carbocycles. The van der Waals surface area contributed by atoms with Gasteiger partial charge in [-0.05, 0) is 54.8 Å². The number of imidazole rings is 2. The normalized spacial score (nSPS) is 17.5. The number of hydrogen-bond donors (Lipinski definition) is 4. The minimum Gasteiger partial charge on any atom is -0.395 e. The van der Waals surface area contributed by atoms with Crippen LogP contribution in [0, 0.1) is 0 Å². The molecule has 3 aromatic heterocycles. The number of carbonyl (C=O) groups is 1. The number of nitrogens with zero attached hydrogens (tertiary/aromatic N) is 4. The van der Waals surface area contributed by atoms with Gasteiger partial charge in [0.2, 0.25) is 0 Å². The second-order valence-corrected chi connectivity index (χ2v) is 11.1. The number of aliphatic hydroxyl groups is 1. The summed E-state index contributed by atoms with van der Waals surface area (Å²) in [6.07, 6.45) is 11.4. The third-order valence-electron chi connectivity index (χ3n) is 7.41. The largest absolute Gasteiger partial charge is 0.395 e. The molecule has 1 amide bonds. The number of H-pyrrole nitrogens is 2. The summed E-state index contributed by atoms with van der Waals surface area (Å²) in [5.74, 6) is 1.41. The lowest BCUT2D eigenvalue weighted by molar-refractivity contribution is 0.0721. The maximum absolute atomic E-state index is 13.4. The first-order valence-corrected chi connectivity index (χ1v) is 14.5. The molecule has 0 saturated heterocycles. The molecule has 1 aliphatic rings. The van der Waals surface area contributed by atoms with E-state index in [0.717, 1.165) is 62.5 Å². The summed E-state index contributed by atoms with van der Waals surface area (Å²) >= 11 is 1.78. The SMILES string of the molecule is O=C(c1ccc(CN[C@H]2CC[C@H](N(CCO)Cc3cccs3)CC2)cc1)N(Cc1ncc[nH]1)Cc1ncc[nH]1. The van der Waals surface area contributed by atoms with Gasteiger partial charge in [0.25, 0.3) is 5.91 Å². The van der Waals surface area contributed by atoms with Gasteiger partial charge in [-0.15, -0.1) is 11.3 Å². The van der Waals surface area contributed by atoms with Crippen LogP contribution >= 0.6 is 11.3 Å². The van der Waals surface area contributed by atoms with Gasteiger partial charge in [-0.25, -0.2) is 9.97 Å². The Bertz CT molecular complexity index is 1200. The molecule has 10 heteroatoms. The van der Waals surface area contributed by atoms with Gasteiger partial charge in [0, 0.05) is 66.9 Å². The Hall–Kier alpha value is -3.31. The van der Waals surface area contributed by atoms with Gasteiger partial charge in [0.05, 0.1) is 19.7 Å². The Morgan fingerprint density at radius 2 is 1.67 bits per heavy atom. The first kappa shape index (κ1) is 27.3. The van der Waals surface area contributed by atoms with Crippen molar-refractivity contribution in [3.63, 3.8) is 0 Å². The average molecular weight is 548 g/mol. The van der Waals surface area contributed by atoms with Gasteiger partial charge in [0.1, 0.15) is 11.6 Å². The van der Waals surface area contributed by atoms with E-state index in [1.165, 1.54) is 4.88 Å². The van der Waals surface area contributed by atoms with Crippen LogP contribution in [-0.4, -0.2) is 66.0 Å². The Kier molecular flexibility index (Phi) is 9.55. The smallest absolute Gasteiger partial charge is 0.254 e. The van der Waals surface area contributed by atoms with E-state index in [0.29, 0.717) is 30.7 Å². The molecule has 39 heavy (non-hydrogen) atoms. The highest BCUT2D eigenvalue weighted by Crippen LogP contribution is 2.26. The van der Waals surface area contributed by atoms with E-state index in [9.17, 15) is 9.90 Å². The summed E-state index contributed by atoms with van der Waals surface area (Å²) in [7, 11) is 0. The molecule has 0 radical (unpaired) electrons. The molecule has 1 fully saturated rings. The molecule has 206 valence electrons. The van der Waals surface area contributed by atoms with Crippen molar-refractivity contribution < 1.29 is 9.90 Å². The van der Waals surface area contributed by atoms with Gasteiger partial charge >= 0.3 is 0 Å². The van der Waals surface area contributed by atoms with Crippen LogP contribution in [-0.2, 0) is 26.2 Å². The molecule has 4 N–H and O–H groups in total. The van der Waals surface area contributed by atoms with Crippen molar-refractivity contribution in [1.82, 2.24) is 35.1 Å². The van der Waals surface area contributed by atoms with Crippen LogP contribution in [0.5, 0.6) is 0 Å². The first-order valence-electron chi connectivity index (χ1n) is 13.6. The maximum Gasteiger partial charge on any atom is 0.254 e. The highest BCUT2D eigenvalue weighted by atomic mass is 32.1. The standard InChI is InChI=1S/C29H37N7O2S/c37-16-15-35(19-26-2-1-17-39-26)25-9-7-24(8-10-25)34-18-22-3-5-23(6-4-22)29(38)36(20-27-30-11-12-31-27)21-28-32-13-14-33-28/h1-6,11-14,17,24-25,34,37H,7-10,15-16,18-21H2,(H,30,31)(H,32,33)/t24-,25-. The number of thiophene rings is 1. The molecule has 0 unspecified atom stereocenters. The number of nitrogens with one attached hydrogen (secondary N) is 3. The number of aromatic nitrogens is 4. The van der Waals surface area contributed by atoms with Crippen LogP contribution in [0.25, 0.3) is 0 Å². The molecule has 4 aromatic rings. The van der Waals surface area contributed by atoms with Crippen molar-refractivity contribution in [2.45, 2.75) is 63.9 Å². The fourth-order valence-electron chi connectivity index (χ4n) is 5.31. The zero-order valence-corrected chi connectivity index (χ0v) is 22.9. The van der Waals surface area contributed by atoms with Crippen LogP contribution < -0.4 is 5.32 Å². The molecule has 0 bridgehead atoms. The third kappa shape index (κ3) is 7.63. The number of aliphatic hydroxyl groups excluding tert-OH is 1. The zero-order chi connectivity index (χ0) is 26.9. The lowest BCUT2D eigenvalue weighted by Gasteiger charge is -2.36. The Morgan fingerprint density at radius 3 is 2.23 bits per heavy atom. The summed E-state index contributed by atoms with van der Waals surface area (Å²) in [6.45, 7) is 3.38. The van der Waals surface area contributed by atoms with Crippen molar-refractivity contribution in [2.24, 2.45) is 0 Å². The van der Waals surface area contributed by atoms with Crippen LogP contribution in [0.3, 0.4) is 0 Å². The molecule has 0 atom stereocenters. The van der Waals surface area contributed by atoms with E-state index in [2.05, 4.69) is 47.7 Å². The fourth-order valence-corrected chi connectivity index (χ4v) is 6.04. The number of carbonyl (C=O) groups excluding carboxylic acids is 1. The van der Waals surface area contributed by atoms with Crippen molar-refractivity contribution in [3.05, 3.63) is 94.2 Å². The number of aromatic amines is 2. The molecular weight excluding hydrogens is 510 g/mol. The highest BCUT2D eigenvalue weighted by Gasteiger charge is 2.26. The van der Waals surface area contributed by atoms with E-state index >= 15 is 0 Å². The van der Waals surface area contributed by atoms with Gasteiger partial charge in [-0.3, -0.25) is 9.69 Å². The first-order chi connectivity index (χ1) is 19.2. The second-order valence-electron chi connectivity index (χ2n) is 10.1. The van der Waals surface area contributed by atoms with Crippen LogP contribution in [0.1, 0.15) is 58.1 Å². The van der Waals surface area contributed by atoms with E-state index < -0.39 is 0 Å². The lowest BCUT2D eigenvalue weighted by atomic mass is 9.90. The summed E-state index contributed by atoms with van der Waals surface area (Å²) in [6, 6.07) is 13.2. The van der Waals surface area contributed by atoms with Crippen molar-refractivity contribution in [3.8, 4) is 0 Å². The predicted molar refractivity (Wildman–Crippen MR) is 152 cm³/mol. The Morgan fingerprint density at radius 1 is 0.974 bits per heavy atom. The van der Waals surface area contributed by atoms with Crippen molar-refractivity contribution in [1.29, 1.82) is 0 Å². The van der Waals surface area contributed by atoms with E-state index in [4.69, 9.17) is 0 Å². The monoisotopic (exact) mass is 547 g/mol. The van der Waals surface area contributed by atoms with Gasteiger partial charge in [-0.2, -0.15) is 0 Å². The molecule has 0 spiro atoms. The van der Waals surface area contributed by atoms with Crippen LogP contribution in [0.2, 0.25) is 0 Å². The van der Waals surface area contributed by atoms with E-state index in [1.807, 2.05) is 24.3 Å². The van der Waals surface area contributed by atoms with Gasteiger partial charge < -0.3 is 25.3 Å². The third-order valence-corrected chi connectivity index (χ3v) is 8.27.